The number of piperidine rings is 1. The van der Waals surface area contributed by atoms with Crippen LogP contribution >= 0.6 is 0 Å². The van der Waals surface area contributed by atoms with Gasteiger partial charge < -0.3 is 9.88 Å². The Morgan fingerprint density at radius 1 is 1.15 bits per heavy atom. The van der Waals surface area contributed by atoms with Crippen LogP contribution in [-0.2, 0) is 6.42 Å². The molecule has 1 fully saturated rings. The van der Waals surface area contributed by atoms with Gasteiger partial charge >= 0.3 is 0 Å². The predicted octanol–water partition coefficient (Wildman–Crippen LogP) is 3.27. The van der Waals surface area contributed by atoms with Gasteiger partial charge in [-0.2, -0.15) is 4.52 Å². The zero-order valence-electron chi connectivity index (χ0n) is 15.6. The number of hydrogen-bond donors (Lipinski definition) is 1. The number of rotatable bonds is 3. The highest BCUT2D eigenvalue weighted by molar-refractivity contribution is 5.60. The Labute approximate surface area is 152 Å². The summed E-state index contributed by atoms with van der Waals surface area (Å²) in [6.07, 6.45) is 2.93. The van der Waals surface area contributed by atoms with Crippen LogP contribution in [0.15, 0.2) is 35.1 Å². The minimum absolute atomic E-state index is 0.133. The van der Waals surface area contributed by atoms with Gasteiger partial charge in [-0.25, -0.2) is 4.98 Å². The van der Waals surface area contributed by atoms with Crippen LogP contribution in [0.2, 0.25) is 0 Å². The molecule has 4 rings (SSSR count). The maximum atomic E-state index is 12.8. The van der Waals surface area contributed by atoms with Crippen molar-refractivity contribution in [1.82, 2.24) is 19.6 Å². The van der Waals surface area contributed by atoms with Crippen LogP contribution in [0.5, 0.6) is 0 Å². The monoisotopic (exact) mass is 351 g/mol. The van der Waals surface area contributed by atoms with Crippen molar-refractivity contribution in [2.75, 3.05) is 18.0 Å². The van der Waals surface area contributed by atoms with E-state index in [1.54, 1.807) is 4.52 Å². The van der Waals surface area contributed by atoms with Gasteiger partial charge in [-0.1, -0.05) is 51.1 Å². The molecule has 3 heterocycles. The molecular weight excluding hydrogens is 326 g/mol. The lowest BCUT2D eigenvalue weighted by molar-refractivity contribution is 0.278. The summed E-state index contributed by atoms with van der Waals surface area (Å²) in [6.45, 7) is 8.51. The smallest absolute Gasteiger partial charge is 0.277 e. The van der Waals surface area contributed by atoms with Crippen LogP contribution in [0, 0.1) is 5.41 Å². The van der Waals surface area contributed by atoms with Gasteiger partial charge in [0.05, 0.1) is 5.69 Å². The average molecular weight is 351 g/mol. The van der Waals surface area contributed by atoms with Crippen LogP contribution in [0.3, 0.4) is 0 Å². The van der Waals surface area contributed by atoms with Crippen molar-refractivity contribution >= 4 is 11.5 Å². The molecule has 0 saturated carbocycles. The average Bonchev–Trinajstić information content (AvgIpc) is 3.02. The molecule has 1 aliphatic rings. The minimum Gasteiger partial charge on any atom is -0.341 e. The van der Waals surface area contributed by atoms with E-state index in [0.717, 1.165) is 43.1 Å². The van der Waals surface area contributed by atoms with Crippen molar-refractivity contribution in [2.24, 2.45) is 5.41 Å². The molecule has 136 valence electrons. The van der Waals surface area contributed by atoms with Gasteiger partial charge in [0.25, 0.3) is 5.56 Å². The summed E-state index contributed by atoms with van der Waals surface area (Å²) in [4.78, 5) is 22.7. The number of aromatic amines is 1. The Morgan fingerprint density at radius 2 is 1.85 bits per heavy atom. The molecule has 0 atom stereocenters. The lowest BCUT2D eigenvalue weighted by Gasteiger charge is -2.36. The van der Waals surface area contributed by atoms with Crippen LogP contribution in [0.4, 0.5) is 5.95 Å². The first-order chi connectivity index (χ1) is 12.5. The van der Waals surface area contributed by atoms with Gasteiger partial charge in [0.2, 0.25) is 5.95 Å². The van der Waals surface area contributed by atoms with Gasteiger partial charge in [0.15, 0.2) is 11.3 Å². The summed E-state index contributed by atoms with van der Waals surface area (Å²) in [6, 6.07) is 9.74. The predicted molar refractivity (Wildman–Crippen MR) is 104 cm³/mol. The molecule has 6 heteroatoms. The first kappa shape index (κ1) is 16.8. The second kappa shape index (κ2) is 6.27. The molecule has 0 radical (unpaired) electrons. The van der Waals surface area contributed by atoms with Crippen molar-refractivity contribution in [3.63, 3.8) is 0 Å². The summed E-state index contributed by atoms with van der Waals surface area (Å²) >= 11 is 0. The van der Waals surface area contributed by atoms with Gasteiger partial charge in [-0.05, 0) is 24.7 Å². The van der Waals surface area contributed by atoms with Gasteiger partial charge in [0, 0.05) is 18.7 Å². The summed E-state index contributed by atoms with van der Waals surface area (Å²) in [5, 5.41) is 4.74. The van der Waals surface area contributed by atoms with E-state index < -0.39 is 0 Å². The number of anilines is 1. The zero-order chi connectivity index (χ0) is 18.3. The lowest BCUT2D eigenvalue weighted by atomic mass is 9.83. The fraction of sp³-hybridized carbons (Fsp3) is 0.450. The van der Waals surface area contributed by atoms with Gasteiger partial charge in [0.1, 0.15) is 0 Å². The van der Waals surface area contributed by atoms with Crippen molar-refractivity contribution in [3.8, 4) is 11.4 Å². The zero-order valence-corrected chi connectivity index (χ0v) is 15.6. The number of hydrogen-bond acceptors (Lipinski definition) is 4. The molecule has 1 N–H and O–H groups in total. The molecule has 0 aliphatic carbocycles. The van der Waals surface area contributed by atoms with Crippen LogP contribution in [0.25, 0.3) is 16.9 Å². The number of nitrogens with one attached hydrogen (secondary N) is 1. The summed E-state index contributed by atoms with van der Waals surface area (Å²) < 4.78 is 1.75. The first-order valence-corrected chi connectivity index (χ1v) is 9.31. The molecule has 6 nitrogen and oxygen atoms in total. The number of nitrogens with zero attached hydrogens (tertiary/aromatic N) is 4. The second-order valence-electron chi connectivity index (χ2n) is 7.79. The summed E-state index contributed by atoms with van der Waals surface area (Å²) in [5.74, 6) is 1.36. The largest absolute Gasteiger partial charge is 0.341 e. The Balaban J connectivity index is 1.85. The lowest BCUT2D eigenvalue weighted by Crippen LogP contribution is -2.38. The highest BCUT2D eigenvalue weighted by Gasteiger charge is 2.29. The second-order valence-corrected chi connectivity index (χ2v) is 7.79. The van der Waals surface area contributed by atoms with Crippen LogP contribution in [0.1, 0.15) is 39.3 Å². The van der Waals surface area contributed by atoms with Crippen LogP contribution in [-0.4, -0.2) is 32.7 Å². The molecule has 3 aromatic rings. The molecule has 1 saturated heterocycles. The fourth-order valence-corrected chi connectivity index (χ4v) is 3.55. The van der Waals surface area contributed by atoms with Crippen LogP contribution < -0.4 is 10.5 Å². The number of H-pyrrole nitrogens is 1. The Bertz CT molecular complexity index is 977. The standard InChI is InChI=1S/C20H25N5O/c1-4-15-16-18(26)22-17(14-8-6-5-7-9-14)23-25(16)19(21-15)24-12-10-20(2,3)11-13-24/h5-9H,4,10-13H2,1-3H3,(H,22,23,26). The summed E-state index contributed by atoms with van der Waals surface area (Å²) in [7, 11) is 0. The molecular formula is C20H25N5O. The topological polar surface area (TPSA) is 66.3 Å². The third kappa shape index (κ3) is 2.89. The van der Waals surface area contributed by atoms with Crippen molar-refractivity contribution < 1.29 is 0 Å². The van der Waals surface area contributed by atoms with Crippen molar-refractivity contribution in [3.05, 3.63) is 46.4 Å². The minimum atomic E-state index is -0.133. The van der Waals surface area contributed by atoms with Crippen molar-refractivity contribution in [1.29, 1.82) is 0 Å². The third-order valence-corrected chi connectivity index (χ3v) is 5.34. The Hall–Kier alpha value is -2.63. The highest BCUT2D eigenvalue weighted by atomic mass is 16.1. The molecule has 26 heavy (non-hydrogen) atoms. The Kier molecular flexibility index (Phi) is 4.05. The van der Waals surface area contributed by atoms with E-state index >= 15 is 0 Å². The quantitative estimate of drug-likeness (QED) is 0.786. The van der Waals surface area contributed by atoms with Crippen molar-refractivity contribution in [2.45, 2.75) is 40.0 Å². The third-order valence-electron chi connectivity index (χ3n) is 5.34. The van der Waals surface area contributed by atoms with E-state index in [-0.39, 0.29) is 5.56 Å². The van der Waals surface area contributed by atoms with E-state index in [2.05, 4.69) is 23.7 Å². The van der Waals surface area contributed by atoms with E-state index in [4.69, 9.17) is 10.1 Å². The molecule has 2 aromatic heterocycles. The maximum Gasteiger partial charge on any atom is 0.277 e. The maximum absolute atomic E-state index is 12.8. The van der Waals surface area contributed by atoms with Gasteiger partial charge in [-0.15, -0.1) is 5.10 Å². The number of imidazole rings is 1. The molecule has 0 bridgehead atoms. The van der Waals surface area contributed by atoms with E-state index in [9.17, 15) is 4.79 Å². The van der Waals surface area contributed by atoms with Gasteiger partial charge in [-0.3, -0.25) is 4.79 Å². The highest BCUT2D eigenvalue weighted by Crippen LogP contribution is 2.32. The summed E-state index contributed by atoms with van der Waals surface area (Å²) in [5.41, 5.74) is 2.48. The van der Waals surface area contributed by atoms with E-state index in [1.165, 1.54) is 0 Å². The molecule has 1 aromatic carbocycles. The Morgan fingerprint density at radius 3 is 2.50 bits per heavy atom. The molecule has 1 aliphatic heterocycles. The molecule has 0 amide bonds. The first-order valence-electron chi connectivity index (χ1n) is 9.31. The SMILES string of the molecule is CCc1nc(N2CCC(C)(C)CC2)n2nc(-c3ccccc3)[nH]c(=O)c12. The number of benzene rings is 1. The number of fused-ring (bicyclic) bond motifs is 1. The fourth-order valence-electron chi connectivity index (χ4n) is 3.55. The number of aromatic nitrogens is 4. The number of aryl methyl sites for hydroxylation is 1. The molecule has 0 spiro atoms. The van der Waals surface area contributed by atoms with E-state index in [1.807, 2.05) is 37.3 Å². The molecule has 0 unspecified atom stereocenters. The van der Waals surface area contributed by atoms with E-state index in [0.29, 0.717) is 23.2 Å². The normalized spacial score (nSPS) is 17.0.